The third kappa shape index (κ3) is 2.29. The summed E-state index contributed by atoms with van der Waals surface area (Å²) in [6, 6.07) is 5.12. The summed E-state index contributed by atoms with van der Waals surface area (Å²) in [5, 5.41) is 8.89. The molecule has 0 saturated heterocycles. The van der Waals surface area contributed by atoms with Gasteiger partial charge >= 0.3 is 0 Å². The van der Waals surface area contributed by atoms with Crippen LogP contribution in [0.4, 0.5) is 11.4 Å². The number of benzene rings is 1. The minimum Gasteiger partial charge on any atom is -0.399 e. The highest BCUT2D eigenvalue weighted by Gasteiger charge is 2.04. The largest absolute Gasteiger partial charge is 0.399 e. The molecule has 0 spiro atoms. The van der Waals surface area contributed by atoms with Crippen LogP contribution in [0.5, 0.6) is 0 Å². The first-order valence-corrected chi connectivity index (χ1v) is 3.99. The Balaban J connectivity index is 2.90. The normalized spacial score (nSPS) is 12.8. The smallest absolute Gasteiger partial charge is 0.132 e. The molecule has 0 saturated carbocycles. The van der Waals surface area contributed by atoms with Crippen LogP contribution in [0.1, 0.15) is 5.56 Å². The summed E-state index contributed by atoms with van der Waals surface area (Å²) >= 11 is 5.40. The molecule has 12 heavy (non-hydrogen) atoms. The number of halogens is 1. The first-order chi connectivity index (χ1) is 5.59. The van der Waals surface area contributed by atoms with Crippen molar-refractivity contribution >= 4 is 23.0 Å². The van der Waals surface area contributed by atoms with Crippen LogP contribution in [-0.4, -0.2) is 10.7 Å². The number of anilines is 2. The van der Waals surface area contributed by atoms with Gasteiger partial charge in [-0.2, -0.15) is 0 Å². The highest BCUT2D eigenvalue weighted by atomic mass is 35.5. The lowest BCUT2D eigenvalue weighted by molar-refractivity contribution is 0.257. The summed E-state index contributed by atoms with van der Waals surface area (Å²) in [6.07, 6.45) is 0.318. The van der Waals surface area contributed by atoms with E-state index in [1.54, 1.807) is 18.2 Å². The molecule has 0 heterocycles. The van der Waals surface area contributed by atoms with Crippen LogP contribution < -0.4 is 11.5 Å². The second kappa shape index (κ2) is 3.65. The van der Waals surface area contributed by atoms with Crippen LogP contribution in [0.2, 0.25) is 0 Å². The Morgan fingerprint density at radius 3 is 2.67 bits per heavy atom. The molecule has 5 N–H and O–H groups in total. The van der Waals surface area contributed by atoms with Crippen molar-refractivity contribution in [3.8, 4) is 0 Å². The Hall–Kier alpha value is -0.930. The molecule has 0 aliphatic rings. The molecule has 1 aromatic carbocycles. The van der Waals surface area contributed by atoms with Crippen LogP contribution in [-0.2, 0) is 6.42 Å². The van der Waals surface area contributed by atoms with Gasteiger partial charge in [0.05, 0.1) is 0 Å². The molecule has 4 heteroatoms. The molecule has 0 radical (unpaired) electrons. The maximum Gasteiger partial charge on any atom is 0.132 e. The molecule has 1 rings (SSSR count). The van der Waals surface area contributed by atoms with Gasteiger partial charge in [-0.3, -0.25) is 0 Å². The molecule has 0 bridgehead atoms. The van der Waals surface area contributed by atoms with Crippen LogP contribution in [0.25, 0.3) is 0 Å². The van der Waals surface area contributed by atoms with Crippen LogP contribution >= 0.6 is 11.6 Å². The van der Waals surface area contributed by atoms with E-state index in [4.69, 9.17) is 28.2 Å². The maximum absolute atomic E-state index is 8.89. The number of alkyl halides is 1. The van der Waals surface area contributed by atoms with Crippen LogP contribution in [0.15, 0.2) is 18.2 Å². The van der Waals surface area contributed by atoms with Crippen molar-refractivity contribution < 1.29 is 5.11 Å². The number of rotatable bonds is 2. The van der Waals surface area contributed by atoms with Gasteiger partial charge < -0.3 is 16.6 Å². The lowest BCUT2D eigenvalue weighted by atomic mass is 10.1. The summed E-state index contributed by atoms with van der Waals surface area (Å²) < 4.78 is 0. The van der Waals surface area contributed by atoms with Crippen molar-refractivity contribution in [2.45, 2.75) is 12.0 Å². The fourth-order valence-electron chi connectivity index (χ4n) is 0.984. The van der Waals surface area contributed by atoms with Crippen molar-refractivity contribution in [2.75, 3.05) is 11.5 Å². The molecular weight excluding hydrogens is 176 g/mol. The minimum atomic E-state index is -0.908. The zero-order chi connectivity index (χ0) is 9.14. The van der Waals surface area contributed by atoms with Crippen molar-refractivity contribution in [2.24, 2.45) is 0 Å². The molecule has 3 nitrogen and oxygen atoms in total. The van der Waals surface area contributed by atoms with Crippen molar-refractivity contribution in [1.29, 1.82) is 0 Å². The number of nitrogen functional groups attached to an aromatic ring is 2. The van der Waals surface area contributed by atoms with E-state index >= 15 is 0 Å². The summed E-state index contributed by atoms with van der Waals surface area (Å²) in [7, 11) is 0. The fraction of sp³-hybridized carbons (Fsp3) is 0.250. The zero-order valence-corrected chi connectivity index (χ0v) is 7.25. The molecule has 0 aliphatic heterocycles. The first-order valence-electron chi connectivity index (χ1n) is 3.55. The van der Waals surface area contributed by atoms with E-state index in [-0.39, 0.29) is 0 Å². The molecule has 0 fully saturated rings. The molecule has 1 unspecified atom stereocenters. The van der Waals surface area contributed by atoms with Gasteiger partial charge in [-0.05, 0) is 23.8 Å². The molecule has 1 aromatic rings. The Kier molecular flexibility index (Phi) is 2.78. The monoisotopic (exact) mass is 186 g/mol. The van der Waals surface area contributed by atoms with E-state index in [1.165, 1.54) is 0 Å². The van der Waals surface area contributed by atoms with Gasteiger partial charge in [0, 0.05) is 17.8 Å². The first kappa shape index (κ1) is 9.16. The number of hydrogen-bond donors (Lipinski definition) is 3. The highest BCUT2D eigenvalue weighted by molar-refractivity contribution is 6.19. The number of aliphatic hydroxyl groups excluding tert-OH is 1. The summed E-state index contributed by atoms with van der Waals surface area (Å²) in [5.74, 6) is 0. The van der Waals surface area contributed by atoms with E-state index in [0.29, 0.717) is 17.8 Å². The average molecular weight is 187 g/mol. The highest BCUT2D eigenvalue weighted by Crippen LogP contribution is 2.17. The Bertz CT molecular complexity index is 276. The molecular formula is C8H11ClN2O. The SMILES string of the molecule is Nc1ccc(N)c(CC(O)Cl)c1. The maximum atomic E-state index is 8.89. The van der Waals surface area contributed by atoms with Gasteiger partial charge in [-0.25, -0.2) is 0 Å². The topological polar surface area (TPSA) is 72.3 Å². The summed E-state index contributed by atoms with van der Waals surface area (Å²) in [5.41, 5.74) is 12.2. The predicted molar refractivity (Wildman–Crippen MR) is 50.8 cm³/mol. The third-order valence-corrected chi connectivity index (χ3v) is 1.71. The van der Waals surface area contributed by atoms with Gasteiger partial charge in [-0.15, -0.1) is 0 Å². The van der Waals surface area contributed by atoms with E-state index in [9.17, 15) is 0 Å². The van der Waals surface area contributed by atoms with Gasteiger partial charge in [0.2, 0.25) is 0 Å². The van der Waals surface area contributed by atoms with Gasteiger partial charge in [-0.1, -0.05) is 11.6 Å². The molecule has 1 atom stereocenters. The van der Waals surface area contributed by atoms with E-state index in [2.05, 4.69) is 0 Å². The molecule has 0 amide bonds. The van der Waals surface area contributed by atoms with Gasteiger partial charge in [0.1, 0.15) is 5.56 Å². The van der Waals surface area contributed by atoms with Gasteiger partial charge in [0.15, 0.2) is 0 Å². The van der Waals surface area contributed by atoms with Gasteiger partial charge in [0.25, 0.3) is 0 Å². The van der Waals surface area contributed by atoms with Crippen LogP contribution in [0, 0.1) is 0 Å². The number of hydrogen-bond acceptors (Lipinski definition) is 3. The Labute approximate surface area is 75.9 Å². The third-order valence-electron chi connectivity index (χ3n) is 1.56. The van der Waals surface area contributed by atoms with Crippen molar-refractivity contribution in [1.82, 2.24) is 0 Å². The lowest BCUT2D eigenvalue weighted by Gasteiger charge is -2.06. The second-order valence-corrected chi connectivity index (χ2v) is 3.10. The van der Waals surface area contributed by atoms with E-state index in [1.807, 2.05) is 0 Å². The summed E-state index contributed by atoms with van der Waals surface area (Å²) in [6.45, 7) is 0. The quantitative estimate of drug-likeness (QED) is 0.476. The molecule has 66 valence electrons. The van der Waals surface area contributed by atoms with Crippen molar-refractivity contribution in [3.05, 3.63) is 23.8 Å². The molecule has 0 aromatic heterocycles. The average Bonchev–Trinajstić information content (AvgIpc) is 1.96. The lowest BCUT2D eigenvalue weighted by Crippen LogP contribution is -2.04. The Morgan fingerprint density at radius 2 is 2.08 bits per heavy atom. The Morgan fingerprint density at radius 1 is 1.42 bits per heavy atom. The zero-order valence-electron chi connectivity index (χ0n) is 6.50. The minimum absolute atomic E-state index is 0.318. The van der Waals surface area contributed by atoms with E-state index < -0.39 is 5.56 Å². The number of nitrogens with two attached hydrogens (primary N) is 2. The number of aliphatic hydroxyl groups is 1. The molecule has 0 aliphatic carbocycles. The van der Waals surface area contributed by atoms with Crippen LogP contribution in [0.3, 0.4) is 0 Å². The predicted octanol–water partition coefficient (Wildman–Crippen LogP) is 0.951. The fourth-order valence-corrected chi connectivity index (χ4v) is 1.15. The summed E-state index contributed by atoms with van der Waals surface area (Å²) in [4.78, 5) is 0. The standard InChI is InChI=1S/C8H11ClN2O/c9-8(12)4-5-3-6(10)1-2-7(5)11/h1-3,8,12H,4,10-11H2. The van der Waals surface area contributed by atoms with E-state index in [0.717, 1.165) is 5.56 Å². The van der Waals surface area contributed by atoms with Crippen molar-refractivity contribution in [3.63, 3.8) is 0 Å². The second-order valence-electron chi connectivity index (χ2n) is 2.60.